The first-order valence-electron chi connectivity index (χ1n) is 10.6. The lowest BCUT2D eigenvalue weighted by Crippen LogP contribution is -3.16. The molecule has 0 aromatic heterocycles. The van der Waals surface area contributed by atoms with Gasteiger partial charge in [-0.25, -0.2) is 13.3 Å². The van der Waals surface area contributed by atoms with Gasteiger partial charge in [-0.2, -0.15) is 4.31 Å². The second-order valence-electron chi connectivity index (χ2n) is 8.66. The van der Waals surface area contributed by atoms with Crippen LogP contribution in [0.4, 0.5) is 0 Å². The summed E-state index contributed by atoms with van der Waals surface area (Å²) in [7, 11) is -3.52. The number of nitrogens with zero attached hydrogens (tertiary/aromatic N) is 2. The molecule has 4 rings (SSSR count). The fraction of sp³-hybridized carbons (Fsp3) is 0.619. The van der Waals surface area contributed by atoms with E-state index < -0.39 is 10.0 Å². The molecule has 158 valence electrons. The van der Waals surface area contributed by atoms with E-state index in [-0.39, 0.29) is 23.7 Å². The highest BCUT2D eigenvalue weighted by molar-refractivity contribution is 7.89. The molecule has 1 aliphatic carbocycles. The molecule has 2 amide bonds. The summed E-state index contributed by atoms with van der Waals surface area (Å²) in [6.45, 7) is 6.22. The molecule has 0 radical (unpaired) electrons. The van der Waals surface area contributed by atoms with Gasteiger partial charge in [-0.05, 0) is 49.9 Å². The van der Waals surface area contributed by atoms with E-state index in [1.807, 2.05) is 19.9 Å². The molecule has 2 aliphatic heterocycles. The van der Waals surface area contributed by atoms with E-state index in [0.29, 0.717) is 37.7 Å². The molecule has 8 heteroatoms. The summed E-state index contributed by atoms with van der Waals surface area (Å²) in [5.41, 5.74) is 2.03. The highest BCUT2D eigenvalue weighted by atomic mass is 32.2. The number of nitrogens with one attached hydrogen (secondary N) is 1. The predicted molar refractivity (Wildman–Crippen MR) is 108 cm³/mol. The van der Waals surface area contributed by atoms with Gasteiger partial charge in [0, 0.05) is 0 Å². The summed E-state index contributed by atoms with van der Waals surface area (Å²) in [5.74, 6) is -0.279. The van der Waals surface area contributed by atoms with Crippen molar-refractivity contribution in [2.75, 3.05) is 32.8 Å². The van der Waals surface area contributed by atoms with E-state index in [1.165, 1.54) is 9.21 Å². The number of benzene rings is 1. The fourth-order valence-corrected chi connectivity index (χ4v) is 6.36. The third-order valence-electron chi connectivity index (χ3n) is 6.86. The van der Waals surface area contributed by atoms with Crippen molar-refractivity contribution in [2.24, 2.45) is 11.8 Å². The summed E-state index contributed by atoms with van der Waals surface area (Å²) in [6, 6.07) is 5.24. The van der Waals surface area contributed by atoms with Gasteiger partial charge in [0.1, 0.15) is 0 Å². The third-order valence-corrected chi connectivity index (χ3v) is 8.75. The molecule has 1 saturated carbocycles. The Labute approximate surface area is 172 Å². The maximum Gasteiger partial charge on any atom is 0.243 e. The number of carbonyl (C=O) groups is 2. The summed E-state index contributed by atoms with van der Waals surface area (Å²) in [5, 5.41) is 0. The molecule has 2 atom stereocenters. The number of quaternary nitrogens is 1. The van der Waals surface area contributed by atoms with Crippen molar-refractivity contribution in [3.63, 3.8) is 0 Å². The normalized spacial score (nSPS) is 26.8. The number of sulfonamides is 1. The molecule has 3 aliphatic rings. The highest BCUT2D eigenvalue weighted by Crippen LogP contribution is 2.37. The number of imide groups is 1. The number of fused-ring (bicyclic) bond motifs is 1. The lowest BCUT2D eigenvalue weighted by Gasteiger charge is -2.33. The Kier molecular flexibility index (Phi) is 5.52. The van der Waals surface area contributed by atoms with Crippen molar-refractivity contribution in [1.29, 1.82) is 0 Å². The van der Waals surface area contributed by atoms with Gasteiger partial charge in [-0.3, -0.25) is 9.59 Å². The van der Waals surface area contributed by atoms with Crippen LogP contribution >= 0.6 is 0 Å². The average Bonchev–Trinajstić information content (AvgIpc) is 2.95. The molecule has 7 nitrogen and oxygen atoms in total. The van der Waals surface area contributed by atoms with Crippen LogP contribution in [-0.4, -0.2) is 62.3 Å². The molecular formula is C21H30N3O4S+. The molecule has 0 unspecified atom stereocenters. The maximum atomic E-state index is 13.0. The van der Waals surface area contributed by atoms with Crippen molar-refractivity contribution in [3.8, 4) is 0 Å². The van der Waals surface area contributed by atoms with E-state index in [2.05, 4.69) is 0 Å². The smallest absolute Gasteiger partial charge is 0.243 e. The fourth-order valence-electron chi connectivity index (χ4n) is 4.83. The van der Waals surface area contributed by atoms with Gasteiger partial charge in [0.25, 0.3) is 0 Å². The zero-order valence-electron chi connectivity index (χ0n) is 17.2. The number of rotatable bonds is 4. The summed E-state index contributed by atoms with van der Waals surface area (Å²) in [6.07, 6.45) is 3.69. The minimum absolute atomic E-state index is 0.0163. The van der Waals surface area contributed by atoms with Crippen LogP contribution in [0.15, 0.2) is 23.1 Å². The zero-order chi connectivity index (χ0) is 20.8. The van der Waals surface area contributed by atoms with Gasteiger partial charge in [-0.1, -0.05) is 18.9 Å². The monoisotopic (exact) mass is 420 g/mol. The maximum absolute atomic E-state index is 13.0. The van der Waals surface area contributed by atoms with Crippen LogP contribution in [0, 0.1) is 25.7 Å². The lowest BCUT2D eigenvalue weighted by molar-refractivity contribution is -0.910. The number of piperazine rings is 1. The molecule has 29 heavy (non-hydrogen) atoms. The quantitative estimate of drug-likeness (QED) is 0.712. The highest BCUT2D eigenvalue weighted by Gasteiger charge is 2.49. The Morgan fingerprint density at radius 2 is 1.55 bits per heavy atom. The third kappa shape index (κ3) is 3.73. The number of carbonyl (C=O) groups excluding carboxylic acids is 2. The Morgan fingerprint density at radius 3 is 2.10 bits per heavy atom. The van der Waals surface area contributed by atoms with Gasteiger partial charge < -0.3 is 4.90 Å². The van der Waals surface area contributed by atoms with Crippen LogP contribution in [0.25, 0.3) is 0 Å². The number of aryl methyl sites for hydroxylation is 2. The SMILES string of the molecule is Cc1ccc(S(=O)(=O)N2CC[NH+](CN3C(=O)[C@H]4CCCC[C@@H]4C3=O)CC2)cc1C. The van der Waals surface area contributed by atoms with Crippen molar-refractivity contribution in [3.05, 3.63) is 29.3 Å². The van der Waals surface area contributed by atoms with Gasteiger partial charge >= 0.3 is 0 Å². The molecular weight excluding hydrogens is 390 g/mol. The van der Waals surface area contributed by atoms with Gasteiger partial charge in [0.15, 0.2) is 6.67 Å². The summed E-state index contributed by atoms with van der Waals surface area (Å²) in [4.78, 5) is 28.2. The van der Waals surface area contributed by atoms with Gasteiger partial charge in [-0.15, -0.1) is 0 Å². The number of amides is 2. The van der Waals surface area contributed by atoms with E-state index in [1.54, 1.807) is 12.1 Å². The average molecular weight is 421 g/mol. The van der Waals surface area contributed by atoms with E-state index in [9.17, 15) is 18.0 Å². The number of likely N-dealkylation sites (tertiary alicyclic amines) is 1. The minimum Gasteiger partial charge on any atom is -0.315 e. The molecule has 3 fully saturated rings. The Morgan fingerprint density at radius 1 is 0.966 bits per heavy atom. The predicted octanol–water partition coefficient (Wildman–Crippen LogP) is 0.325. The molecule has 2 heterocycles. The van der Waals surface area contributed by atoms with Crippen LogP contribution in [0.1, 0.15) is 36.8 Å². The number of hydrogen-bond donors (Lipinski definition) is 1. The van der Waals surface area contributed by atoms with Crippen molar-refractivity contribution < 1.29 is 22.9 Å². The van der Waals surface area contributed by atoms with E-state index in [4.69, 9.17) is 0 Å². The van der Waals surface area contributed by atoms with Crippen LogP contribution in [-0.2, 0) is 19.6 Å². The first kappa shape index (κ1) is 20.5. The summed E-state index contributed by atoms with van der Waals surface area (Å²) < 4.78 is 27.5. The zero-order valence-corrected chi connectivity index (χ0v) is 18.0. The molecule has 1 aromatic rings. The topological polar surface area (TPSA) is 79.2 Å². The molecule has 0 bridgehead atoms. The largest absolute Gasteiger partial charge is 0.315 e. The Balaban J connectivity index is 1.39. The lowest BCUT2D eigenvalue weighted by atomic mass is 9.81. The Hall–Kier alpha value is -1.77. The second-order valence-corrected chi connectivity index (χ2v) is 10.6. The second kappa shape index (κ2) is 7.81. The van der Waals surface area contributed by atoms with Crippen molar-refractivity contribution in [2.45, 2.75) is 44.4 Å². The van der Waals surface area contributed by atoms with Crippen molar-refractivity contribution >= 4 is 21.8 Å². The van der Waals surface area contributed by atoms with Crippen LogP contribution in [0.3, 0.4) is 0 Å². The van der Waals surface area contributed by atoms with E-state index in [0.717, 1.165) is 41.7 Å². The minimum atomic E-state index is -3.52. The molecule has 2 saturated heterocycles. The summed E-state index contributed by atoms with van der Waals surface area (Å²) >= 11 is 0. The van der Waals surface area contributed by atoms with Crippen LogP contribution in [0.2, 0.25) is 0 Å². The molecule has 1 aromatic carbocycles. The molecule has 1 N–H and O–H groups in total. The van der Waals surface area contributed by atoms with Crippen LogP contribution in [0.5, 0.6) is 0 Å². The van der Waals surface area contributed by atoms with Gasteiger partial charge in [0.05, 0.1) is 42.9 Å². The number of hydrogen-bond acceptors (Lipinski definition) is 4. The van der Waals surface area contributed by atoms with Crippen molar-refractivity contribution in [1.82, 2.24) is 9.21 Å². The van der Waals surface area contributed by atoms with Gasteiger partial charge in [0.2, 0.25) is 21.8 Å². The Bertz CT molecular complexity index is 898. The first-order chi connectivity index (χ1) is 13.8. The standard InChI is InChI=1S/C21H29N3O4S/c1-15-7-8-17(13-16(15)2)29(27,28)23-11-9-22(10-12-23)14-24-20(25)18-5-3-4-6-19(18)21(24)26/h7-8,13,18-19H,3-6,9-12,14H2,1-2H3/p+1/t18-,19-/m0/s1. The molecule has 0 spiro atoms. The first-order valence-corrected chi connectivity index (χ1v) is 12.0. The van der Waals surface area contributed by atoms with E-state index >= 15 is 0 Å². The van der Waals surface area contributed by atoms with Crippen LogP contribution < -0.4 is 4.90 Å².